The van der Waals surface area contributed by atoms with Gasteiger partial charge in [0, 0.05) is 80.8 Å². The molecule has 0 aliphatic heterocycles. The van der Waals surface area contributed by atoms with E-state index in [4.69, 9.17) is 10.5 Å². The molecule has 4 heavy (non-hydrogen) atoms. The van der Waals surface area contributed by atoms with Crippen molar-refractivity contribution in [3.63, 3.8) is 0 Å². The summed E-state index contributed by atoms with van der Waals surface area (Å²) >= 11 is 0. The van der Waals surface area contributed by atoms with Gasteiger partial charge in [-0.2, -0.15) is 0 Å². The van der Waals surface area contributed by atoms with Gasteiger partial charge in [-0.3, -0.25) is 10.5 Å². The molecule has 4 heteroatoms. The second-order valence-electron chi connectivity index (χ2n) is 0. The molecule has 0 heterocycles. The first-order valence-corrected chi connectivity index (χ1v) is 0.200. The summed E-state index contributed by atoms with van der Waals surface area (Å²) in [5.41, 5.74) is 0. The monoisotopic (exact) mass is 338 g/mol. The average molecular weight is 335 g/mol. The predicted octanol–water partition coefficient (Wildman–Crippen LogP) is 0.0174. The van der Waals surface area contributed by atoms with Crippen molar-refractivity contribution in [1.82, 2.24) is 0 Å². The molecule has 2 nitrogen and oxygen atoms in total. The van der Waals surface area contributed by atoms with Gasteiger partial charge in [0.25, 0.3) is 0 Å². The van der Waals surface area contributed by atoms with Gasteiger partial charge in [0.1, 0.15) is 0 Å². The molecular formula is H2O2Sm2. The fraction of sp³-hybridized carbons (Fsp3) is 0. The van der Waals surface area contributed by atoms with Gasteiger partial charge in [-0.25, -0.2) is 0 Å². The fourth-order valence-electron chi connectivity index (χ4n) is 0. The van der Waals surface area contributed by atoms with Crippen molar-refractivity contribution in [1.29, 1.82) is 0 Å². The van der Waals surface area contributed by atoms with Gasteiger partial charge < -0.3 is 0 Å². The Kier molecular flexibility index (Phi) is 70.1. The minimum Gasteiger partial charge on any atom is -0.255 e. The standard InChI is InChI=1S/H2O2.2Sm/c1-2;;/h1-2H;;. The zero-order valence-corrected chi connectivity index (χ0v) is 6.95. The molecule has 2 N–H and O–H groups in total. The quantitative estimate of drug-likeness (QED) is 0.484. The van der Waals surface area contributed by atoms with Gasteiger partial charge in [-0.1, -0.05) is 0 Å². The molecule has 26 valence electrons. The third-order valence-electron chi connectivity index (χ3n) is 0. The van der Waals surface area contributed by atoms with Crippen LogP contribution < -0.4 is 0 Å². The molecule has 0 aromatic heterocycles. The number of hydrogen-bond acceptors (Lipinski definition) is 2. The van der Waals surface area contributed by atoms with Crippen molar-refractivity contribution in [2.75, 3.05) is 0 Å². The summed E-state index contributed by atoms with van der Waals surface area (Å²) in [6, 6.07) is 0. The predicted molar refractivity (Wildman–Crippen MR) is 5.26 cm³/mol. The van der Waals surface area contributed by atoms with Crippen LogP contribution in [0, 0.1) is 80.8 Å². The summed E-state index contributed by atoms with van der Waals surface area (Å²) in [5, 5.41) is 12.0. The Balaban J connectivity index is -0.00000000500. The molecule has 0 rings (SSSR count). The topological polar surface area (TPSA) is 40.5 Å². The Bertz CT molecular complexity index is 4.00. The van der Waals surface area contributed by atoms with Crippen molar-refractivity contribution in [3.05, 3.63) is 0 Å². The van der Waals surface area contributed by atoms with Crippen LogP contribution in [0.1, 0.15) is 0 Å². The van der Waals surface area contributed by atoms with Gasteiger partial charge >= 0.3 is 0 Å². The minimum absolute atomic E-state index is 0. The summed E-state index contributed by atoms with van der Waals surface area (Å²) < 4.78 is 0. The van der Waals surface area contributed by atoms with Crippen LogP contribution in [-0.2, 0) is 0 Å². The van der Waals surface area contributed by atoms with Crippen molar-refractivity contribution in [3.8, 4) is 0 Å². The Hall–Kier alpha value is 2.60. The van der Waals surface area contributed by atoms with E-state index in [0.29, 0.717) is 0 Å². The molecule has 0 unspecified atom stereocenters. The summed E-state index contributed by atoms with van der Waals surface area (Å²) in [7, 11) is 0. The second-order valence-corrected chi connectivity index (χ2v) is 0. The van der Waals surface area contributed by atoms with Crippen LogP contribution in [0.15, 0.2) is 0 Å². The van der Waals surface area contributed by atoms with Crippen molar-refractivity contribution in [2.45, 2.75) is 0 Å². The molecule has 0 radical (unpaired) electrons. The maximum absolute atomic E-state index is 6.00. The molecule has 0 bridgehead atoms. The van der Waals surface area contributed by atoms with Gasteiger partial charge in [0.15, 0.2) is 0 Å². The van der Waals surface area contributed by atoms with Crippen molar-refractivity contribution in [2.24, 2.45) is 0 Å². The zero-order chi connectivity index (χ0) is 2.00. The van der Waals surface area contributed by atoms with E-state index >= 15 is 0 Å². The summed E-state index contributed by atoms with van der Waals surface area (Å²) in [6.07, 6.45) is 0. The van der Waals surface area contributed by atoms with Crippen LogP contribution in [0.3, 0.4) is 0 Å². The molecule has 0 aliphatic rings. The third-order valence-corrected chi connectivity index (χ3v) is 0. The van der Waals surface area contributed by atoms with Gasteiger partial charge in [0.05, 0.1) is 0 Å². The average Bonchev–Trinajstić information content (AvgIpc) is 1.00. The van der Waals surface area contributed by atoms with Gasteiger partial charge in [-0.05, 0) is 0 Å². The molecule has 0 saturated carbocycles. The van der Waals surface area contributed by atoms with E-state index in [1.807, 2.05) is 0 Å². The molecule has 0 aromatic rings. The van der Waals surface area contributed by atoms with Crippen LogP contribution in [0.25, 0.3) is 0 Å². The van der Waals surface area contributed by atoms with E-state index in [9.17, 15) is 0 Å². The number of hydrogen-bond donors (Lipinski definition) is 2. The Morgan fingerprint density at radius 2 is 0.750 bits per heavy atom. The van der Waals surface area contributed by atoms with Crippen molar-refractivity contribution < 1.29 is 91.3 Å². The van der Waals surface area contributed by atoms with E-state index in [2.05, 4.69) is 0 Å². The Morgan fingerprint density at radius 1 is 0.750 bits per heavy atom. The molecule has 0 aliphatic carbocycles. The molecule has 0 atom stereocenters. The summed E-state index contributed by atoms with van der Waals surface area (Å²) in [6.45, 7) is 0. The first-order valence-electron chi connectivity index (χ1n) is 0.200. The van der Waals surface area contributed by atoms with Crippen LogP contribution in [-0.4, -0.2) is 10.5 Å². The van der Waals surface area contributed by atoms with E-state index in [1.54, 1.807) is 0 Å². The van der Waals surface area contributed by atoms with Crippen LogP contribution in [0.4, 0.5) is 0 Å². The Morgan fingerprint density at radius 3 is 0.750 bits per heavy atom. The molecule has 0 spiro atoms. The van der Waals surface area contributed by atoms with Crippen LogP contribution in [0.5, 0.6) is 0 Å². The maximum Gasteiger partial charge on any atom is 0 e. The summed E-state index contributed by atoms with van der Waals surface area (Å²) in [5.74, 6) is 0. The third kappa shape index (κ3) is 8.82. The normalized spacial score (nSPS) is 1.50. The Labute approximate surface area is 89.1 Å². The molecule has 0 saturated heterocycles. The fourth-order valence-corrected chi connectivity index (χ4v) is 0. The summed E-state index contributed by atoms with van der Waals surface area (Å²) in [4.78, 5) is 0. The first kappa shape index (κ1) is 16.0. The maximum atomic E-state index is 6.00. The molecule has 0 aromatic carbocycles. The van der Waals surface area contributed by atoms with Crippen molar-refractivity contribution >= 4 is 0 Å². The van der Waals surface area contributed by atoms with E-state index in [-0.39, 0.29) is 80.8 Å². The van der Waals surface area contributed by atoms with Crippen LogP contribution in [0.2, 0.25) is 0 Å². The van der Waals surface area contributed by atoms with Gasteiger partial charge in [0.2, 0.25) is 0 Å². The molecular weight excluding hydrogens is 333 g/mol. The first-order chi connectivity index (χ1) is 1.00. The van der Waals surface area contributed by atoms with Gasteiger partial charge in [-0.15, -0.1) is 0 Å². The number of rotatable bonds is 0. The zero-order valence-electron chi connectivity index (χ0n) is 1.71. The van der Waals surface area contributed by atoms with E-state index in [1.165, 1.54) is 0 Å². The van der Waals surface area contributed by atoms with E-state index in [0.717, 1.165) is 0 Å². The second kappa shape index (κ2) is 17.5. The van der Waals surface area contributed by atoms with E-state index < -0.39 is 0 Å². The van der Waals surface area contributed by atoms with Crippen LogP contribution >= 0.6 is 0 Å². The molecule has 0 amide bonds. The SMILES string of the molecule is OO.[Sm].[Sm]. The largest absolute Gasteiger partial charge is 0.255 e. The smallest absolute Gasteiger partial charge is 0 e. The minimum atomic E-state index is 0. The molecule has 0 fully saturated rings.